The number of nitrogens with zero attached hydrogens (tertiary/aromatic N) is 1. The van der Waals surface area contributed by atoms with Crippen LogP contribution in [0.5, 0.6) is 5.75 Å². The summed E-state index contributed by atoms with van der Waals surface area (Å²) in [7, 11) is 0. The van der Waals surface area contributed by atoms with E-state index < -0.39 is 11.8 Å². The third kappa shape index (κ3) is 5.19. The van der Waals surface area contributed by atoms with E-state index in [1.54, 1.807) is 54.8 Å². The number of benzene rings is 2. The summed E-state index contributed by atoms with van der Waals surface area (Å²) in [6.45, 7) is 3.20. The Morgan fingerprint density at radius 3 is 2.45 bits per heavy atom. The summed E-state index contributed by atoms with van der Waals surface area (Å²) in [5.41, 5.74) is 6.76. The molecule has 0 unspecified atom stereocenters. The van der Waals surface area contributed by atoms with Crippen LogP contribution in [0.15, 0.2) is 77.4 Å². The fraction of sp³-hybridized carbons (Fsp3) is 0.160. The highest BCUT2D eigenvalue weighted by molar-refractivity contribution is 6.08. The summed E-state index contributed by atoms with van der Waals surface area (Å²) in [6.07, 6.45) is 1.54. The Morgan fingerprint density at radius 2 is 1.67 bits per heavy atom. The third-order valence-corrected chi connectivity index (χ3v) is 4.85. The number of hydrazine groups is 1. The number of carbonyl (C=O) groups excluding carboxylic acids is 2. The van der Waals surface area contributed by atoms with Crippen molar-refractivity contribution in [2.24, 2.45) is 0 Å². The molecule has 2 amide bonds. The first-order chi connectivity index (χ1) is 16.2. The second-order valence-electron chi connectivity index (χ2n) is 7.00. The van der Waals surface area contributed by atoms with E-state index in [9.17, 15) is 9.59 Å². The molecule has 0 saturated carbocycles. The van der Waals surface area contributed by atoms with Crippen molar-refractivity contribution in [1.29, 1.82) is 0 Å². The molecule has 0 aliphatic heterocycles. The van der Waals surface area contributed by atoms with Gasteiger partial charge in [0, 0.05) is 12.0 Å². The maximum atomic E-state index is 13.0. The zero-order valence-electron chi connectivity index (χ0n) is 18.0. The van der Waals surface area contributed by atoms with E-state index in [2.05, 4.69) is 15.8 Å². The van der Waals surface area contributed by atoms with Crippen LogP contribution in [0.2, 0.25) is 0 Å². The molecule has 0 fully saturated rings. The fourth-order valence-electron chi connectivity index (χ4n) is 3.30. The molecule has 0 spiro atoms. The maximum Gasteiger partial charge on any atom is 0.273 e. The quantitative estimate of drug-likeness (QED) is 0.314. The Kier molecular flexibility index (Phi) is 6.96. The van der Waals surface area contributed by atoms with Crippen molar-refractivity contribution in [3.63, 3.8) is 0 Å². The number of para-hydroxylation sites is 2. The largest absolute Gasteiger partial charge is 0.490 e. The Labute approximate surface area is 190 Å². The number of pyridine rings is 1. The average Bonchev–Trinajstić information content (AvgIpc) is 3.40. The Morgan fingerprint density at radius 1 is 0.909 bits per heavy atom. The van der Waals surface area contributed by atoms with E-state index in [0.29, 0.717) is 59.1 Å². The van der Waals surface area contributed by atoms with E-state index in [0.717, 1.165) is 0 Å². The minimum atomic E-state index is -0.500. The van der Waals surface area contributed by atoms with Gasteiger partial charge in [-0.05, 0) is 43.3 Å². The van der Waals surface area contributed by atoms with Crippen molar-refractivity contribution in [3.05, 3.63) is 84.1 Å². The molecular formula is C25H23N3O5. The second kappa shape index (κ2) is 10.4. The maximum absolute atomic E-state index is 13.0. The molecule has 4 aromatic rings. The number of hydrogen-bond acceptors (Lipinski definition) is 6. The van der Waals surface area contributed by atoms with Gasteiger partial charge in [-0.25, -0.2) is 4.98 Å². The van der Waals surface area contributed by atoms with Gasteiger partial charge in [0.1, 0.15) is 18.1 Å². The smallest absolute Gasteiger partial charge is 0.273 e. The molecule has 0 atom stereocenters. The van der Waals surface area contributed by atoms with Crippen LogP contribution in [-0.2, 0) is 4.74 Å². The second-order valence-corrected chi connectivity index (χ2v) is 7.00. The highest BCUT2D eigenvalue weighted by Crippen LogP contribution is 2.25. The fourth-order valence-corrected chi connectivity index (χ4v) is 3.30. The number of fused-ring (bicyclic) bond motifs is 1. The Balaban J connectivity index is 1.51. The van der Waals surface area contributed by atoms with Gasteiger partial charge < -0.3 is 13.9 Å². The lowest BCUT2D eigenvalue weighted by molar-refractivity contribution is 0.0841. The molecule has 8 nitrogen and oxygen atoms in total. The first kappa shape index (κ1) is 22.0. The molecule has 8 heteroatoms. The van der Waals surface area contributed by atoms with Crippen molar-refractivity contribution in [1.82, 2.24) is 15.8 Å². The average molecular weight is 445 g/mol. The van der Waals surface area contributed by atoms with Gasteiger partial charge in [-0.3, -0.25) is 20.4 Å². The summed E-state index contributed by atoms with van der Waals surface area (Å²) < 4.78 is 16.3. The number of rotatable bonds is 8. The van der Waals surface area contributed by atoms with E-state index >= 15 is 0 Å². The molecule has 0 aliphatic rings. The first-order valence-corrected chi connectivity index (χ1v) is 10.5. The SMILES string of the molecule is CCOCCOc1ccccc1C(=O)NNC(=O)c1cc(-c2ccco2)nc2ccccc12. The predicted octanol–water partition coefficient (Wildman–Crippen LogP) is 3.98. The van der Waals surface area contributed by atoms with E-state index in [4.69, 9.17) is 13.9 Å². The topological polar surface area (TPSA) is 103 Å². The Bertz CT molecular complexity index is 1250. The van der Waals surface area contributed by atoms with Gasteiger partial charge in [0.15, 0.2) is 5.76 Å². The van der Waals surface area contributed by atoms with Gasteiger partial charge in [0.05, 0.1) is 29.5 Å². The van der Waals surface area contributed by atoms with Crippen LogP contribution in [0.25, 0.3) is 22.4 Å². The first-order valence-electron chi connectivity index (χ1n) is 10.5. The molecule has 0 aliphatic carbocycles. The number of hydrogen-bond donors (Lipinski definition) is 2. The van der Waals surface area contributed by atoms with Crippen LogP contribution in [0.3, 0.4) is 0 Å². The number of aromatic nitrogens is 1. The van der Waals surface area contributed by atoms with Crippen molar-refractivity contribution in [2.75, 3.05) is 19.8 Å². The van der Waals surface area contributed by atoms with Crippen LogP contribution >= 0.6 is 0 Å². The van der Waals surface area contributed by atoms with Crippen LogP contribution < -0.4 is 15.6 Å². The summed E-state index contributed by atoms with van der Waals surface area (Å²) >= 11 is 0. The molecule has 2 aromatic heterocycles. The van der Waals surface area contributed by atoms with Crippen LogP contribution in [0.4, 0.5) is 0 Å². The van der Waals surface area contributed by atoms with Crippen LogP contribution in [0, 0.1) is 0 Å². The zero-order valence-corrected chi connectivity index (χ0v) is 18.0. The predicted molar refractivity (Wildman–Crippen MR) is 123 cm³/mol. The summed E-state index contributed by atoms with van der Waals surface area (Å²) in [6, 6.07) is 19.2. The minimum absolute atomic E-state index is 0.296. The van der Waals surface area contributed by atoms with Gasteiger partial charge >= 0.3 is 0 Å². The number of ether oxygens (including phenoxy) is 2. The Hall–Kier alpha value is -4.17. The van der Waals surface area contributed by atoms with Gasteiger partial charge in [-0.15, -0.1) is 0 Å². The van der Waals surface area contributed by atoms with Crippen molar-refractivity contribution in [3.8, 4) is 17.2 Å². The molecule has 2 heterocycles. The van der Waals surface area contributed by atoms with E-state index in [1.807, 2.05) is 25.1 Å². The lowest BCUT2D eigenvalue weighted by Crippen LogP contribution is -2.41. The van der Waals surface area contributed by atoms with Gasteiger partial charge in [0.2, 0.25) is 0 Å². The van der Waals surface area contributed by atoms with Gasteiger partial charge in [0.25, 0.3) is 11.8 Å². The van der Waals surface area contributed by atoms with Gasteiger partial charge in [-0.2, -0.15) is 0 Å². The molecular weight excluding hydrogens is 422 g/mol. The van der Waals surface area contributed by atoms with Crippen molar-refractivity contribution in [2.45, 2.75) is 6.92 Å². The van der Waals surface area contributed by atoms with Gasteiger partial charge in [-0.1, -0.05) is 30.3 Å². The normalized spacial score (nSPS) is 10.7. The monoisotopic (exact) mass is 445 g/mol. The lowest BCUT2D eigenvalue weighted by atomic mass is 10.1. The zero-order chi connectivity index (χ0) is 23.0. The molecule has 2 aromatic carbocycles. The molecule has 168 valence electrons. The molecule has 0 saturated heterocycles. The minimum Gasteiger partial charge on any atom is -0.490 e. The number of amides is 2. The van der Waals surface area contributed by atoms with Crippen molar-refractivity contribution >= 4 is 22.7 Å². The van der Waals surface area contributed by atoms with Crippen molar-refractivity contribution < 1.29 is 23.5 Å². The van der Waals surface area contributed by atoms with E-state index in [-0.39, 0.29) is 0 Å². The van der Waals surface area contributed by atoms with E-state index in [1.165, 1.54) is 0 Å². The number of furan rings is 1. The summed E-state index contributed by atoms with van der Waals surface area (Å²) in [5, 5.41) is 0.652. The summed E-state index contributed by atoms with van der Waals surface area (Å²) in [5.74, 6) is -0.0418. The molecule has 33 heavy (non-hydrogen) atoms. The lowest BCUT2D eigenvalue weighted by Gasteiger charge is -2.13. The molecule has 4 rings (SSSR count). The van der Waals surface area contributed by atoms with Crippen LogP contribution in [-0.4, -0.2) is 36.6 Å². The molecule has 0 radical (unpaired) electrons. The highest BCUT2D eigenvalue weighted by atomic mass is 16.5. The standard InChI is InChI=1S/C25H23N3O5/c1-2-31-14-15-33-22-11-6-4-9-18(22)24(29)27-28-25(30)19-16-21(23-12-7-13-32-23)26-20-10-5-3-8-17(19)20/h3-13,16H,2,14-15H2,1H3,(H,27,29)(H,28,30). The molecule has 0 bridgehead atoms. The number of nitrogens with one attached hydrogen (secondary N) is 2. The number of carbonyl (C=O) groups is 2. The summed E-state index contributed by atoms with van der Waals surface area (Å²) in [4.78, 5) is 30.3. The highest BCUT2D eigenvalue weighted by Gasteiger charge is 2.17. The third-order valence-electron chi connectivity index (χ3n) is 4.85. The van der Waals surface area contributed by atoms with Crippen LogP contribution in [0.1, 0.15) is 27.6 Å². The molecule has 2 N–H and O–H groups in total.